The van der Waals surface area contributed by atoms with E-state index in [1.807, 2.05) is 24.4 Å². The lowest BCUT2D eigenvalue weighted by Crippen LogP contribution is -2.07. The predicted molar refractivity (Wildman–Crippen MR) is 101 cm³/mol. The van der Waals surface area contributed by atoms with Gasteiger partial charge in [0.2, 0.25) is 5.78 Å². The number of hydrogen-bond donors (Lipinski definition) is 0. The molecule has 2 heterocycles. The highest BCUT2D eigenvalue weighted by molar-refractivity contribution is 6.10. The van der Waals surface area contributed by atoms with Gasteiger partial charge in [0, 0.05) is 11.8 Å². The van der Waals surface area contributed by atoms with E-state index >= 15 is 0 Å². The van der Waals surface area contributed by atoms with E-state index in [1.165, 1.54) is 5.56 Å². The normalized spacial score (nSPS) is 9.07. The lowest BCUT2D eigenvalue weighted by Gasteiger charge is -2.07. The summed E-state index contributed by atoms with van der Waals surface area (Å²) in [5, 5.41) is 8.89. The Morgan fingerprint density at radius 3 is 1.90 bits per heavy atom. The average Bonchev–Trinajstić information content (AvgIpc) is 2.93. The van der Waals surface area contributed by atoms with Gasteiger partial charge < -0.3 is 4.40 Å². The van der Waals surface area contributed by atoms with Gasteiger partial charge in [-0.05, 0) is 74.2 Å². The SMILES string of the molecule is Cc1cc(C)c2c(C)c(C)c(C(=O)c3ccc(C#N)cc3)n2c1.O=C=O.O=C=O. The van der Waals surface area contributed by atoms with Gasteiger partial charge in [-0.25, -0.2) is 0 Å². The van der Waals surface area contributed by atoms with Gasteiger partial charge in [-0.2, -0.15) is 24.4 Å². The van der Waals surface area contributed by atoms with Crippen molar-refractivity contribution < 1.29 is 24.0 Å². The molecule has 146 valence electrons. The van der Waals surface area contributed by atoms with Crippen molar-refractivity contribution in [3.8, 4) is 6.07 Å². The first-order chi connectivity index (χ1) is 13.8. The molecule has 0 aliphatic rings. The smallest absolute Gasteiger partial charge is 0.313 e. The number of pyridine rings is 1. The first kappa shape index (κ1) is 22.9. The lowest BCUT2D eigenvalue weighted by molar-refractivity contribution is -0.193. The fourth-order valence-electron chi connectivity index (χ4n) is 3.21. The van der Waals surface area contributed by atoms with Crippen LogP contribution in [0.15, 0.2) is 36.5 Å². The zero-order valence-corrected chi connectivity index (χ0v) is 16.4. The Hall–Kier alpha value is -4.10. The highest BCUT2D eigenvalue weighted by Gasteiger charge is 2.21. The Labute approximate surface area is 167 Å². The van der Waals surface area contributed by atoms with E-state index in [0.29, 0.717) is 16.8 Å². The van der Waals surface area contributed by atoms with Crippen LogP contribution in [-0.4, -0.2) is 22.5 Å². The van der Waals surface area contributed by atoms with Crippen molar-refractivity contribution in [2.75, 3.05) is 0 Å². The average molecular weight is 390 g/mol. The van der Waals surface area contributed by atoms with Gasteiger partial charge in [0.05, 0.1) is 22.8 Å². The predicted octanol–water partition coefficient (Wildman–Crippen LogP) is 3.11. The molecule has 0 N–H and O–H groups in total. The Kier molecular flexibility index (Phi) is 8.14. The van der Waals surface area contributed by atoms with Crippen molar-refractivity contribution in [3.05, 3.63) is 75.6 Å². The fraction of sp³-hybridized carbons (Fsp3) is 0.182. The molecular weight excluding hydrogens is 372 g/mol. The molecule has 0 saturated heterocycles. The maximum Gasteiger partial charge on any atom is 0.373 e. The molecular formula is C22H18N2O5. The minimum absolute atomic E-state index is 0.0138. The van der Waals surface area contributed by atoms with Crippen LogP contribution < -0.4 is 0 Å². The lowest BCUT2D eigenvalue weighted by atomic mass is 10.0. The second-order valence-electron chi connectivity index (χ2n) is 6.20. The summed E-state index contributed by atoms with van der Waals surface area (Å²) in [6.45, 7) is 8.16. The molecule has 1 aromatic carbocycles. The Balaban J connectivity index is 0.000000626. The zero-order valence-electron chi connectivity index (χ0n) is 16.4. The molecule has 0 fully saturated rings. The molecule has 7 nitrogen and oxygen atoms in total. The van der Waals surface area contributed by atoms with Crippen molar-refractivity contribution in [1.29, 1.82) is 5.26 Å². The minimum Gasteiger partial charge on any atom is -0.313 e. The van der Waals surface area contributed by atoms with Crippen molar-refractivity contribution in [1.82, 2.24) is 4.40 Å². The molecule has 29 heavy (non-hydrogen) atoms. The fourth-order valence-corrected chi connectivity index (χ4v) is 3.21. The Bertz CT molecular complexity index is 1140. The number of fused-ring (bicyclic) bond motifs is 1. The summed E-state index contributed by atoms with van der Waals surface area (Å²) in [6, 6.07) is 11.0. The summed E-state index contributed by atoms with van der Waals surface area (Å²) in [7, 11) is 0. The van der Waals surface area contributed by atoms with Crippen LogP contribution in [0.4, 0.5) is 0 Å². The van der Waals surface area contributed by atoms with Gasteiger partial charge in [0.25, 0.3) is 0 Å². The number of carbonyl (C=O) groups excluding carboxylic acids is 5. The van der Waals surface area contributed by atoms with Crippen LogP contribution in [0.5, 0.6) is 0 Å². The van der Waals surface area contributed by atoms with E-state index in [-0.39, 0.29) is 18.1 Å². The molecule has 3 rings (SSSR count). The van der Waals surface area contributed by atoms with Crippen LogP contribution >= 0.6 is 0 Å². The van der Waals surface area contributed by atoms with E-state index in [9.17, 15) is 4.79 Å². The highest BCUT2D eigenvalue weighted by atomic mass is 16.2. The third-order valence-corrected chi connectivity index (χ3v) is 4.40. The van der Waals surface area contributed by atoms with Gasteiger partial charge in [0.15, 0.2) is 0 Å². The topological polar surface area (TPSA) is 114 Å². The molecule has 0 bridgehead atoms. The van der Waals surface area contributed by atoms with Crippen LogP contribution in [0.2, 0.25) is 0 Å². The van der Waals surface area contributed by atoms with E-state index in [1.54, 1.807) is 24.3 Å². The Morgan fingerprint density at radius 2 is 1.41 bits per heavy atom. The number of ketones is 1. The van der Waals surface area contributed by atoms with Crippen LogP contribution in [-0.2, 0) is 19.2 Å². The van der Waals surface area contributed by atoms with Crippen molar-refractivity contribution in [2.45, 2.75) is 27.7 Å². The second-order valence-corrected chi connectivity index (χ2v) is 6.20. The monoisotopic (exact) mass is 390 g/mol. The zero-order chi connectivity index (χ0) is 22.1. The molecule has 0 amide bonds. The quantitative estimate of drug-likeness (QED) is 0.621. The van der Waals surface area contributed by atoms with Gasteiger partial charge in [-0.1, -0.05) is 6.07 Å². The molecule has 0 saturated carbocycles. The van der Waals surface area contributed by atoms with Crippen LogP contribution in [0.1, 0.15) is 43.9 Å². The number of rotatable bonds is 2. The van der Waals surface area contributed by atoms with Crippen molar-refractivity contribution in [2.24, 2.45) is 0 Å². The summed E-state index contributed by atoms with van der Waals surface area (Å²) >= 11 is 0. The van der Waals surface area contributed by atoms with Crippen molar-refractivity contribution >= 4 is 23.6 Å². The summed E-state index contributed by atoms with van der Waals surface area (Å²) in [4.78, 5) is 45.5. The second kappa shape index (κ2) is 10.3. The Morgan fingerprint density at radius 1 is 0.897 bits per heavy atom. The van der Waals surface area contributed by atoms with E-state index in [0.717, 1.165) is 22.2 Å². The molecule has 0 aliphatic carbocycles. The summed E-state index contributed by atoms with van der Waals surface area (Å²) in [6.07, 6.45) is 2.51. The van der Waals surface area contributed by atoms with Crippen LogP contribution in [0, 0.1) is 39.0 Å². The third kappa shape index (κ3) is 5.00. The van der Waals surface area contributed by atoms with E-state index in [2.05, 4.69) is 26.0 Å². The number of carbonyl (C=O) groups is 1. The molecule has 2 aromatic heterocycles. The van der Waals surface area contributed by atoms with Gasteiger partial charge in [0.1, 0.15) is 0 Å². The molecule has 0 radical (unpaired) electrons. The molecule has 0 spiro atoms. The molecule has 0 unspecified atom stereocenters. The number of nitriles is 1. The minimum atomic E-state index is -0.0138. The first-order valence-electron chi connectivity index (χ1n) is 8.39. The van der Waals surface area contributed by atoms with Crippen LogP contribution in [0.3, 0.4) is 0 Å². The standard InChI is InChI=1S/C20H18N2O.2CO2/c1-12-9-13(2)18-14(3)15(4)19(22(18)11-12)20(23)17-7-5-16(10-21)6-8-17;2*2-1-3/h5-9,11H,1-4H3;;. The summed E-state index contributed by atoms with van der Waals surface area (Å²) < 4.78 is 2.01. The summed E-state index contributed by atoms with van der Waals surface area (Å²) in [5.74, 6) is -0.0138. The van der Waals surface area contributed by atoms with Gasteiger partial charge in [-0.3, -0.25) is 4.79 Å². The maximum absolute atomic E-state index is 13.0. The first-order valence-corrected chi connectivity index (χ1v) is 8.39. The van der Waals surface area contributed by atoms with E-state index in [4.69, 9.17) is 24.4 Å². The molecule has 0 atom stereocenters. The van der Waals surface area contributed by atoms with Gasteiger partial charge >= 0.3 is 12.3 Å². The molecule has 3 aromatic rings. The molecule has 7 heteroatoms. The largest absolute Gasteiger partial charge is 0.373 e. The number of nitrogens with zero attached hydrogens (tertiary/aromatic N) is 2. The van der Waals surface area contributed by atoms with Crippen LogP contribution in [0.25, 0.3) is 5.52 Å². The third-order valence-electron chi connectivity index (χ3n) is 4.40. The number of hydrogen-bond acceptors (Lipinski definition) is 6. The maximum atomic E-state index is 13.0. The number of aromatic nitrogens is 1. The molecule has 0 aliphatic heterocycles. The van der Waals surface area contributed by atoms with Gasteiger partial charge in [-0.15, -0.1) is 0 Å². The highest BCUT2D eigenvalue weighted by Crippen LogP contribution is 2.27. The van der Waals surface area contributed by atoms with Crippen molar-refractivity contribution in [3.63, 3.8) is 0 Å². The number of aryl methyl sites for hydroxylation is 3. The summed E-state index contributed by atoms with van der Waals surface area (Å²) in [5.41, 5.74) is 7.40. The van der Waals surface area contributed by atoms with E-state index < -0.39 is 0 Å². The number of benzene rings is 1.